The van der Waals surface area contributed by atoms with Gasteiger partial charge in [0.05, 0.1) is 12.2 Å². The van der Waals surface area contributed by atoms with Crippen LogP contribution in [0.5, 0.6) is 11.5 Å². The van der Waals surface area contributed by atoms with Gasteiger partial charge in [0.15, 0.2) is 11.5 Å². The number of aliphatic hydroxyl groups is 2. The fourth-order valence-electron chi connectivity index (χ4n) is 4.84. The minimum atomic E-state index is -0.689. The van der Waals surface area contributed by atoms with Crippen molar-refractivity contribution in [2.45, 2.75) is 43.6 Å². The summed E-state index contributed by atoms with van der Waals surface area (Å²) < 4.78 is 11.0. The van der Waals surface area contributed by atoms with Crippen LogP contribution in [0.25, 0.3) is 0 Å². The molecule has 112 valence electrons. The van der Waals surface area contributed by atoms with Crippen LogP contribution in [0.15, 0.2) is 12.1 Å². The van der Waals surface area contributed by atoms with E-state index in [4.69, 9.17) is 9.47 Å². The Kier molecular flexibility index (Phi) is 2.41. The summed E-state index contributed by atoms with van der Waals surface area (Å²) in [6.45, 7) is 2.23. The minimum absolute atomic E-state index is 0.0144. The van der Waals surface area contributed by atoms with Crippen molar-refractivity contribution in [1.29, 1.82) is 0 Å². The number of ether oxygens (including phenoxy) is 2. The highest BCUT2D eigenvalue weighted by Gasteiger charge is 2.52. The number of hydrogen-bond donors (Lipinski definition) is 2. The molecule has 1 aliphatic carbocycles. The molecule has 1 aromatic carbocycles. The maximum absolute atomic E-state index is 10.6. The summed E-state index contributed by atoms with van der Waals surface area (Å²) in [5, 5.41) is 20.8. The van der Waals surface area contributed by atoms with Crippen molar-refractivity contribution in [2.24, 2.45) is 5.92 Å². The van der Waals surface area contributed by atoms with E-state index in [1.165, 1.54) is 5.56 Å². The Labute approximate surface area is 123 Å². The molecule has 21 heavy (non-hydrogen) atoms. The number of fused-ring (bicyclic) bond motifs is 3. The summed E-state index contributed by atoms with van der Waals surface area (Å²) in [5.41, 5.74) is 2.34. The lowest BCUT2D eigenvalue weighted by Crippen LogP contribution is -2.53. The van der Waals surface area contributed by atoms with E-state index >= 15 is 0 Å². The average Bonchev–Trinajstić information content (AvgIpc) is 3.08. The van der Waals surface area contributed by atoms with Crippen molar-refractivity contribution in [3.63, 3.8) is 0 Å². The van der Waals surface area contributed by atoms with Gasteiger partial charge in [-0.1, -0.05) is 0 Å². The van der Waals surface area contributed by atoms with Crippen molar-refractivity contribution in [2.75, 3.05) is 13.3 Å². The number of rotatable bonds is 0. The Hall–Kier alpha value is -1.30. The van der Waals surface area contributed by atoms with Gasteiger partial charge in [0.25, 0.3) is 0 Å². The lowest BCUT2D eigenvalue weighted by molar-refractivity contribution is -0.0657. The number of hydrogen-bond acceptors (Lipinski definition) is 5. The third-order valence-corrected chi connectivity index (χ3v) is 5.73. The monoisotopic (exact) mass is 289 g/mol. The molecule has 0 radical (unpaired) electrons. The van der Waals surface area contributed by atoms with Crippen molar-refractivity contribution in [3.05, 3.63) is 23.3 Å². The topological polar surface area (TPSA) is 62.2 Å². The highest BCUT2D eigenvalue weighted by molar-refractivity contribution is 5.52. The van der Waals surface area contributed by atoms with Crippen LogP contribution in [0.4, 0.5) is 0 Å². The first-order valence-corrected chi connectivity index (χ1v) is 7.75. The lowest BCUT2D eigenvalue weighted by atomic mass is 9.68. The Morgan fingerprint density at radius 1 is 1.14 bits per heavy atom. The third-order valence-electron chi connectivity index (χ3n) is 5.73. The van der Waals surface area contributed by atoms with Crippen LogP contribution in [0.2, 0.25) is 0 Å². The van der Waals surface area contributed by atoms with Gasteiger partial charge in [0, 0.05) is 18.5 Å². The first kappa shape index (κ1) is 12.3. The lowest BCUT2D eigenvalue weighted by Gasteiger charge is -2.47. The molecule has 1 aromatic rings. The van der Waals surface area contributed by atoms with Crippen molar-refractivity contribution >= 4 is 0 Å². The molecule has 3 heterocycles. The SMILES string of the molecule is O[C@@H]1[C@H]2c3cc4c(cc3CN3CC[C@H](C[C@@H]1O)[C@@H]23)OCO4. The maximum atomic E-state index is 10.6. The predicted octanol–water partition coefficient (Wildman–Crippen LogP) is 0.828. The fraction of sp³-hybridized carbons (Fsp3) is 0.625. The van der Waals surface area contributed by atoms with Crippen LogP contribution in [-0.4, -0.2) is 46.7 Å². The summed E-state index contributed by atoms with van der Waals surface area (Å²) in [5.74, 6) is 2.05. The Balaban J connectivity index is 1.66. The quantitative estimate of drug-likeness (QED) is 0.741. The average molecular weight is 289 g/mol. The van der Waals surface area contributed by atoms with Crippen molar-refractivity contribution in [1.82, 2.24) is 4.90 Å². The molecular weight excluding hydrogens is 270 g/mol. The van der Waals surface area contributed by atoms with Crippen LogP contribution in [-0.2, 0) is 6.54 Å². The molecule has 0 aromatic heterocycles. The van der Waals surface area contributed by atoms with Gasteiger partial charge in [-0.25, -0.2) is 0 Å². The first-order valence-electron chi connectivity index (χ1n) is 7.75. The second-order valence-corrected chi connectivity index (χ2v) is 6.73. The number of aliphatic hydroxyl groups excluding tert-OH is 2. The molecule has 5 nitrogen and oxygen atoms in total. The van der Waals surface area contributed by atoms with E-state index in [-0.39, 0.29) is 12.7 Å². The number of nitrogens with zero attached hydrogens (tertiary/aromatic N) is 1. The van der Waals surface area contributed by atoms with E-state index in [2.05, 4.69) is 11.0 Å². The van der Waals surface area contributed by atoms with Gasteiger partial charge >= 0.3 is 0 Å². The summed E-state index contributed by atoms with van der Waals surface area (Å²) in [7, 11) is 0. The zero-order chi connectivity index (χ0) is 14.1. The fourth-order valence-corrected chi connectivity index (χ4v) is 4.84. The van der Waals surface area contributed by atoms with E-state index in [1.54, 1.807) is 0 Å². The predicted molar refractivity (Wildman–Crippen MR) is 74.2 cm³/mol. The van der Waals surface area contributed by atoms with Crippen molar-refractivity contribution in [3.8, 4) is 11.5 Å². The molecule has 3 aliphatic heterocycles. The van der Waals surface area contributed by atoms with Crippen LogP contribution in [0, 0.1) is 5.92 Å². The second kappa shape index (κ2) is 4.12. The molecule has 0 unspecified atom stereocenters. The largest absolute Gasteiger partial charge is 0.454 e. The standard InChI is InChI=1S/C16H19NO4/c18-11-3-8-1-2-17-6-9-4-12-13(21-7-20-12)5-10(9)14(15(8)17)16(11)19/h4-5,8,11,14-16,18-19H,1-3,6-7H2/t8-,11+,14+,15+,16+/m1/s1. The van der Waals surface area contributed by atoms with Crippen LogP contribution in [0.1, 0.15) is 29.9 Å². The summed E-state index contributed by atoms with van der Waals surface area (Å²) >= 11 is 0. The van der Waals surface area contributed by atoms with Gasteiger partial charge in [-0.15, -0.1) is 0 Å². The maximum Gasteiger partial charge on any atom is 0.231 e. The Morgan fingerprint density at radius 3 is 2.81 bits per heavy atom. The zero-order valence-corrected chi connectivity index (χ0v) is 11.7. The highest BCUT2D eigenvalue weighted by atomic mass is 16.7. The zero-order valence-electron chi connectivity index (χ0n) is 11.7. The Morgan fingerprint density at radius 2 is 1.95 bits per heavy atom. The van der Waals surface area contributed by atoms with Gasteiger partial charge < -0.3 is 19.7 Å². The van der Waals surface area contributed by atoms with Gasteiger partial charge in [-0.3, -0.25) is 4.90 Å². The summed E-state index contributed by atoms with van der Waals surface area (Å²) in [6, 6.07) is 4.43. The van der Waals surface area contributed by atoms with Crippen LogP contribution in [0.3, 0.4) is 0 Å². The van der Waals surface area contributed by atoms with Crippen molar-refractivity contribution < 1.29 is 19.7 Å². The van der Waals surface area contributed by atoms with E-state index < -0.39 is 12.2 Å². The third kappa shape index (κ3) is 1.57. The van der Waals surface area contributed by atoms with E-state index in [0.717, 1.165) is 43.0 Å². The molecule has 0 spiro atoms. The van der Waals surface area contributed by atoms with E-state index in [9.17, 15) is 10.2 Å². The molecule has 1 saturated heterocycles. The molecule has 0 amide bonds. The van der Waals surface area contributed by atoms with Gasteiger partial charge in [-0.2, -0.15) is 0 Å². The summed E-state index contributed by atoms with van der Waals surface area (Å²) in [6.07, 6.45) is 0.531. The molecular formula is C16H19NO4. The number of benzene rings is 1. The minimum Gasteiger partial charge on any atom is -0.454 e. The van der Waals surface area contributed by atoms with Gasteiger partial charge in [-0.05, 0) is 48.6 Å². The molecule has 5 rings (SSSR count). The van der Waals surface area contributed by atoms with E-state index in [1.807, 2.05) is 6.07 Å². The van der Waals surface area contributed by atoms with Gasteiger partial charge in [0.1, 0.15) is 0 Å². The smallest absolute Gasteiger partial charge is 0.231 e. The Bertz CT molecular complexity index is 604. The first-order chi connectivity index (χ1) is 10.2. The van der Waals surface area contributed by atoms with Crippen LogP contribution >= 0.6 is 0 Å². The molecule has 4 aliphatic rings. The molecule has 0 bridgehead atoms. The van der Waals surface area contributed by atoms with Crippen LogP contribution < -0.4 is 9.47 Å². The normalized spacial score (nSPS) is 40.0. The molecule has 1 saturated carbocycles. The second-order valence-electron chi connectivity index (χ2n) is 6.73. The molecule has 2 N–H and O–H groups in total. The van der Waals surface area contributed by atoms with E-state index in [0.29, 0.717) is 12.0 Å². The molecule has 5 atom stereocenters. The van der Waals surface area contributed by atoms with Gasteiger partial charge in [0.2, 0.25) is 6.79 Å². The highest BCUT2D eigenvalue weighted by Crippen LogP contribution is 2.51. The molecule has 5 heteroatoms. The summed E-state index contributed by atoms with van der Waals surface area (Å²) in [4.78, 5) is 2.47. The molecule has 2 fully saturated rings.